The van der Waals surface area contributed by atoms with Crippen LogP contribution in [0.1, 0.15) is 39.0 Å². The number of unbranched alkanes of at least 4 members (excludes halogenated alkanes) is 1. The van der Waals surface area contributed by atoms with Gasteiger partial charge in [-0.1, -0.05) is 19.8 Å². The Hall–Kier alpha value is -0.910. The molecule has 1 rings (SSSR count). The number of carboxylic acids is 1. The normalized spacial score (nSPS) is 18.1. The van der Waals surface area contributed by atoms with Crippen molar-refractivity contribution < 1.29 is 14.7 Å². The Morgan fingerprint density at radius 1 is 1.39 bits per heavy atom. The van der Waals surface area contributed by atoms with Crippen molar-refractivity contribution in [3.05, 3.63) is 0 Å². The number of thioether (sulfide) groups is 1. The lowest BCUT2D eigenvalue weighted by Crippen LogP contribution is -2.49. The van der Waals surface area contributed by atoms with Gasteiger partial charge >= 0.3 is 12.0 Å². The van der Waals surface area contributed by atoms with Gasteiger partial charge in [-0.3, -0.25) is 0 Å². The van der Waals surface area contributed by atoms with Crippen molar-refractivity contribution in [1.29, 1.82) is 0 Å². The van der Waals surface area contributed by atoms with Gasteiger partial charge < -0.3 is 15.7 Å². The van der Waals surface area contributed by atoms with Crippen LogP contribution in [0.2, 0.25) is 0 Å². The Bertz CT molecular complexity index is 280. The van der Waals surface area contributed by atoms with E-state index in [9.17, 15) is 9.59 Å². The molecule has 0 bridgehead atoms. The Morgan fingerprint density at radius 3 is 2.61 bits per heavy atom. The summed E-state index contributed by atoms with van der Waals surface area (Å²) in [4.78, 5) is 22.7. The van der Waals surface area contributed by atoms with E-state index in [1.165, 1.54) is 0 Å². The molecule has 0 radical (unpaired) electrons. The highest BCUT2D eigenvalue weighted by molar-refractivity contribution is 7.99. The van der Waals surface area contributed by atoms with Crippen LogP contribution < -0.4 is 10.6 Å². The molecule has 18 heavy (non-hydrogen) atoms. The van der Waals surface area contributed by atoms with Crippen molar-refractivity contribution in [2.75, 3.05) is 11.5 Å². The lowest BCUT2D eigenvalue weighted by Gasteiger charge is -2.23. The quantitative estimate of drug-likeness (QED) is 0.690. The predicted octanol–water partition coefficient (Wildman–Crippen LogP) is 1.82. The van der Waals surface area contributed by atoms with Crippen LogP contribution in [0.15, 0.2) is 0 Å². The van der Waals surface area contributed by atoms with Crippen LogP contribution in [0.5, 0.6) is 0 Å². The monoisotopic (exact) mass is 274 g/mol. The number of urea groups is 1. The number of carboxylic acid groups (broad SMARTS) is 1. The van der Waals surface area contributed by atoms with Crippen molar-refractivity contribution in [2.24, 2.45) is 0 Å². The summed E-state index contributed by atoms with van der Waals surface area (Å²) in [6.45, 7) is 2.00. The Kier molecular flexibility index (Phi) is 6.93. The maximum atomic E-state index is 11.7. The summed E-state index contributed by atoms with van der Waals surface area (Å²) in [5.41, 5.74) is 0. The molecule has 104 valence electrons. The summed E-state index contributed by atoms with van der Waals surface area (Å²) in [5.74, 6) is 1.16. The second-order valence-corrected chi connectivity index (χ2v) is 5.76. The molecule has 0 aromatic carbocycles. The lowest BCUT2D eigenvalue weighted by atomic mass is 10.1. The summed E-state index contributed by atoms with van der Waals surface area (Å²) >= 11 is 1.89. The Balaban J connectivity index is 2.32. The molecule has 1 saturated heterocycles. The average molecular weight is 274 g/mol. The average Bonchev–Trinajstić information content (AvgIpc) is 2.35. The van der Waals surface area contributed by atoms with Crippen LogP contribution in [0.3, 0.4) is 0 Å². The van der Waals surface area contributed by atoms with E-state index in [4.69, 9.17) is 5.11 Å². The van der Waals surface area contributed by atoms with Gasteiger partial charge in [0.1, 0.15) is 6.04 Å². The van der Waals surface area contributed by atoms with Gasteiger partial charge in [-0.2, -0.15) is 11.8 Å². The number of rotatable bonds is 6. The molecular formula is C12H22N2O3S. The molecule has 0 spiro atoms. The standard InChI is InChI=1S/C12H22N2O3S/c1-2-3-4-10(11(15)16)14-12(17)13-9-5-7-18-8-6-9/h9-10H,2-8H2,1H3,(H,15,16)(H2,13,14,17). The molecule has 6 heteroatoms. The lowest BCUT2D eigenvalue weighted by molar-refractivity contribution is -0.139. The number of hydrogen-bond donors (Lipinski definition) is 3. The predicted molar refractivity (Wildman–Crippen MR) is 73.0 cm³/mol. The van der Waals surface area contributed by atoms with E-state index in [-0.39, 0.29) is 12.1 Å². The highest BCUT2D eigenvalue weighted by atomic mass is 32.2. The van der Waals surface area contributed by atoms with Crippen LogP contribution in [0.25, 0.3) is 0 Å². The third kappa shape index (κ3) is 5.62. The molecule has 1 aliphatic heterocycles. The van der Waals surface area contributed by atoms with E-state index in [0.717, 1.165) is 37.2 Å². The number of aliphatic carboxylic acids is 1. The first-order valence-electron chi connectivity index (χ1n) is 6.51. The van der Waals surface area contributed by atoms with Crippen molar-refractivity contribution in [2.45, 2.75) is 51.1 Å². The van der Waals surface area contributed by atoms with Crippen LogP contribution in [0.4, 0.5) is 4.79 Å². The fourth-order valence-electron chi connectivity index (χ4n) is 1.89. The fourth-order valence-corrected chi connectivity index (χ4v) is 3.00. The first kappa shape index (κ1) is 15.1. The molecule has 3 N–H and O–H groups in total. The summed E-state index contributed by atoms with van der Waals surface area (Å²) < 4.78 is 0. The summed E-state index contributed by atoms with van der Waals surface area (Å²) in [7, 11) is 0. The van der Waals surface area contributed by atoms with E-state index < -0.39 is 12.0 Å². The van der Waals surface area contributed by atoms with Crippen LogP contribution >= 0.6 is 11.8 Å². The SMILES string of the molecule is CCCCC(NC(=O)NC1CCSCC1)C(=O)O. The van der Waals surface area contributed by atoms with Gasteiger partial charge in [-0.15, -0.1) is 0 Å². The molecule has 1 aliphatic rings. The largest absolute Gasteiger partial charge is 0.480 e. The van der Waals surface area contributed by atoms with Crippen LogP contribution in [-0.2, 0) is 4.79 Å². The van der Waals surface area contributed by atoms with Crippen molar-refractivity contribution in [3.63, 3.8) is 0 Å². The van der Waals surface area contributed by atoms with Gasteiger partial charge in [0.05, 0.1) is 0 Å². The second kappa shape index (κ2) is 8.24. The minimum atomic E-state index is -0.960. The van der Waals surface area contributed by atoms with E-state index in [1.807, 2.05) is 18.7 Å². The Labute approximate surface area is 112 Å². The number of carbonyl (C=O) groups excluding carboxylic acids is 1. The van der Waals surface area contributed by atoms with E-state index >= 15 is 0 Å². The topological polar surface area (TPSA) is 78.4 Å². The number of carbonyl (C=O) groups is 2. The molecule has 1 fully saturated rings. The van der Waals surface area contributed by atoms with Gasteiger partial charge in [0.15, 0.2) is 0 Å². The fraction of sp³-hybridized carbons (Fsp3) is 0.833. The Morgan fingerprint density at radius 2 is 2.06 bits per heavy atom. The van der Waals surface area contributed by atoms with E-state index in [0.29, 0.717) is 6.42 Å². The number of nitrogens with one attached hydrogen (secondary N) is 2. The molecule has 5 nitrogen and oxygen atoms in total. The molecule has 2 amide bonds. The molecule has 0 aliphatic carbocycles. The minimum Gasteiger partial charge on any atom is -0.480 e. The molecular weight excluding hydrogens is 252 g/mol. The maximum absolute atomic E-state index is 11.7. The van der Waals surface area contributed by atoms with Crippen LogP contribution in [-0.4, -0.2) is 40.7 Å². The molecule has 1 unspecified atom stereocenters. The van der Waals surface area contributed by atoms with Gasteiger partial charge in [0.2, 0.25) is 0 Å². The molecule has 0 aromatic heterocycles. The number of hydrogen-bond acceptors (Lipinski definition) is 3. The number of amides is 2. The third-order valence-corrected chi connectivity index (χ3v) is 4.06. The summed E-state index contributed by atoms with van der Waals surface area (Å²) in [5, 5.41) is 14.4. The first-order valence-corrected chi connectivity index (χ1v) is 7.66. The van der Waals surface area contributed by atoms with Crippen molar-refractivity contribution in [3.8, 4) is 0 Å². The first-order chi connectivity index (χ1) is 8.63. The smallest absolute Gasteiger partial charge is 0.326 e. The zero-order valence-electron chi connectivity index (χ0n) is 10.8. The van der Waals surface area contributed by atoms with Crippen LogP contribution in [0, 0.1) is 0 Å². The third-order valence-electron chi connectivity index (χ3n) is 3.01. The highest BCUT2D eigenvalue weighted by Crippen LogP contribution is 2.16. The van der Waals surface area contributed by atoms with Gasteiger partial charge in [-0.25, -0.2) is 9.59 Å². The molecule has 0 aromatic rings. The van der Waals surface area contributed by atoms with Gasteiger partial charge in [0.25, 0.3) is 0 Å². The molecule has 1 atom stereocenters. The second-order valence-electron chi connectivity index (χ2n) is 4.54. The van der Waals surface area contributed by atoms with Gasteiger partial charge in [0, 0.05) is 6.04 Å². The maximum Gasteiger partial charge on any atom is 0.326 e. The van der Waals surface area contributed by atoms with E-state index in [2.05, 4.69) is 10.6 Å². The molecule has 0 saturated carbocycles. The summed E-state index contributed by atoms with van der Waals surface area (Å²) in [6.07, 6.45) is 4.14. The zero-order chi connectivity index (χ0) is 13.4. The van der Waals surface area contributed by atoms with E-state index in [1.54, 1.807) is 0 Å². The highest BCUT2D eigenvalue weighted by Gasteiger charge is 2.21. The minimum absolute atomic E-state index is 0.187. The van der Waals surface area contributed by atoms with Crippen molar-refractivity contribution in [1.82, 2.24) is 10.6 Å². The molecule has 1 heterocycles. The zero-order valence-corrected chi connectivity index (χ0v) is 11.6. The van der Waals surface area contributed by atoms with Gasteiger partial charge in [-0.05, 0) is 30.8 Å². The summed E-state index contributed by atoms with van der Waals surface area (Å²) in [6, 6.07) is -0.940. The van der Waals surface area contributed by atoms with Crippen molar-refractivity contribution >= 4 is 23.8 Å².